The molecule has 0 aromatic rings. The third kappa shape index (κ3) is 17.3. The number of carbonyl (C=O) groups is 1. The minimum absolute atomic E-state index is 0.00743. The van der Waals surface area contributed by atoms with Gasteiger partial charge in [0.25, 0.3) is 0 Å². The molecule has 0 aromatic heterocycles. The second-order valence-corrected chi connectivity index (χ2v) is 23.0. The number of esters is 1. The fraction of sp³-hybridized carbons (Fsp3) is 0.810. The first-order valence-electron chi connectivity index (χ1n) is 27.9. The molecule has 5 heterocycles. The Hall–Kier alpha value is -2.59. The lowest BCUT2D eigenvalue weighted by atomic mass is 9.76. The largest absolute Gasteiger partial charge is 0.456 e. The molecule has 8 N–H and O–H groups in total. The van der Waals surface area contributed by atoms with Crippen LogP contribution in [0.5, 0.6) is 0 Å². The van der Waals surface area contributed by atoms with E-state index in [1.54, 1.807) is 54.5 Å². The Morgan fingerprint density at radius 1 is 0.747 bits per heavy atom. The molecule has 1 unspecified atom stereocenters. The van der Waals surface area contributed by atoms with Crippen LogP contribution in [-0.4, -0.2) is 216 Å². The second kappa shape index (κ2) is 29.8. The summed E-state index contributed by atoms with van der Waals surface area (Å²) in [7, 11) is 5.80. The summed E-state index contributed by atoms with van der Waals surface area (Å²) in [6, 6.07) is 0. The summed E-state index contributed by atoms with van der Waals surface area (Å²) in [5.74, 6) is -5.45. The molecule has 0 amide bonds. The van der Waals surface area contributed by atoms with Crippen molar-refractivity contribution in [2.75, 3.05) is 35.0 Å². The predicted octanol–water partition coefficient (Wildman–Crippen LogP) is 3.59. The van der Waals surface area contributed by atoms with E-state index in [1.165, 1.54) is 35.4 Å². The zero-order valence-electron chi connectivity index (χ0n) is 49.1. The van der Waals surface area contributed by atoms with Crippen LogP contribution in [0, 0.1) is 17.8 Å². The molecule has 0 aliphatic carbocycles. The molecule has 21 heteroatoms. The Kier molecular flexibility index (Phi) is 25.3. The zero-order valence-corrected chi connectivity index (χ0v) is 49.1. The maximum absolute atomic E-state index is 14.1. The molecule has 4 fully saturated rings. The molecule has 5 aliphatic rings. The molecule has 0 spiro atoms. The smallest absolute Gasteiger partial charge is 0.334 e. The molecule has 79 heavy (non-hydrogen) atoms. The summed E-state index contributed by atoms with van der Waals surface area (Å²) >= 11 is 0. The fourth-order valence-electron chi connectivity index (χ4n) is 11.6. The summed E-state index contributed by atoms with van der Waals surface area (Å²) in [4.78, 5) is 14.1. The number of ether oxygens (including phenoxy) is 12. The molecular formula is C58H96O21. The van der Waals surface area contributed by atoms with Gasteiger partial charge in [-0.1, -0.05) is 67.9 Å². The second-order valence-electron chi connectivity index (χ2n) is 23.0. The van der Waals surface area contributed by atoms with Crippen molar-refractivity contribution in [1.29, 1.82) is 0 Å². The number of allylic oxidation sites excluding steroid dienone is 7. The number of methoxy groups -OCH3 is 4. The molecule has 454 valence electrons. The first-order chi connectivity index (χ1) is 37.1. The molecule has 21 nitrogen and oxygen atoms in total. The van der Waals surface area contributed by atoms with Gasteiger partial charge in [0.2, 0.25) is 5.79 Å². The first-order valence-corrected chi connectivity index (χ1v) is 27.9. The summed E-state index contributed by atoms with van der Waals surface area (Å²) in [6.07, 6.45) is -8.27. The van der Waals surface area contributed by atoms with Gasteiger partial charge in [-0.05, 0) is 74.3 Å². The van der Waals surface area contributed by atoms with Crippen LogP contribution in [0.2, 0.25) is 0 Å². The highest BCUT2D eigenvalue weighted by Crippen LogP contribution is 2.43. The van der Waals surface area contributed by atoms with Crippen molar-refractivity contribution in [1.82, 2.24) is 0 Å². The van der Waals surface area contributed by atoms with E-state index in [4.69, 9.17) is 56.8 Å². The SMILES string of the molecule is COC[C@@H](C[C@H]1O[C@@](O)([C@H](O)[C@@H]2C[C@H](OC)[C@@H](O)CCC=C(C)C=C[C@@H](O[C@@H]3O[C@@H](C)[C@H](OC)[C@@H](O)[C@@H]3O)[C@H](C)C=C(C)C=C(C)C=C(C)C(=O)O2)[C@H](C)[C@@H](O)[C@H]1C)O[C@H]1C[C@](C)(O)[C@@H](O[C@H]2C[C@@H](OC)[C@H](O)[C@@H](C)O2)C(C)O1. The number of aliphatic hydroxyl groups is 8. The van der Waals surface area contributed by atoms with Gasteiger partial charge >= 0.3 is 5.97 Å². The number of carbonyl (C=O) groups excluding carboxylic acids is 1. The molecule has 25 atom stereocenters. The molecule has 0 saturated carbocycles. The van der Waals surface area contributed by atoms with Gasteiger partial charge in [-0.3, -0.25) is 0 Å². The summed E-state index contributed by atoms with van der Waals surface area (Å²) < 4.78 is 72.0. The Balaban J connectivity index is 1.37. The lowest BCUT2D eigenvalue weighted by Gasteiger charge is -2.51. The van der Waals surface area contributed by atoms with Crippen molar-refractivity contribution in [2.45, 2.75) is 249 Å². The van der Waals surface area contributed by atoms with Crippen LogP contribution >= 0.6 is 0 Å². The highest BCUT2D eigenvalue weighted by atomic mass is 16.7. The highest BCUT2D eigenvalue weighted by Gasteiger charge is 2.57. The Bertz CT molecular complexity index is 2080. The maximum Gasteiger partial charge on any atom is 0.334 e. The van der Waals surface area contributed by atoms with E-state index in [0.717, 1.165) is 11.1 Å². The molecule has 5 rings (SSSR count). The van der Waals surface area contributed by atoms with Gasteiger partial charge < -0.3 is 97.7 Å². The van der Waals surface area contributed by atoms with Crippen molar-refractivity contribution >= 4 is 5.97 Å². The van der Waals surface area contributed by atoms with E-state index >= 15 is 0 Å². The Labute approximate surface area is 467 Å². The lowest BCUT2D eigenvalue weighted by Crippen LogP contribution is -2.66. The molecule has 0 aromatic carbocycles. The van der Waals surface area contributed by atoms with Crippen LogP contribution in [0.15, 0.2) is 58.7 Å². The van der Waals surface area contributed by atoms with Gasteiger partial charge in [-0.25, -0.2) is 4.79 Å². The standard InChI is InChI=1S/C58H96O21/c1-29-17-16-18-40(59)43(69-13)25-45(76-55(65)33(5)23-31(3)21-30(2)22-32(4)41(20-19-29)77-56-51(63)50(62)52(71-15)37(9)74-56)53(64)58(67)35(7)48(60)34(6)42(79-58)24-39(28-68-12)75-47-27-57(11,66)54(38(10)73-47)78-46-26-44(70-14)49(61)36(8)72-46/h17,19-23,32,34-54,56,59-64,66-67H,16,18,24-28H2,1-15H3/t32-,34+,35-,36-,37+,38?,39-,40+,41-,42-,43+,44-,45+,46+,47+,48+,49-,50+,51+,52+,53-,54+,56+,57+,58-/m1/s1. The van der Waals surface area contributed by atoms with E-state index in [0.29, 0.717) is 12.0 Å². The number of hydrogen-bond donors (Lipinski definition) is 8. The van der Waals surface area contributed by atoms with Gasteiger partial charge in [-0.15, -0.1) is 0 Å². The molecule has 0 bridgehead atoms. The first kappa shape index (κ1) is 67.2. The zero-order chi connectivity index (χ0) is 58.8. The van der Waals surface area contributed by atoms with E-state index in [9.17, 15) is 45.6 Å². The number of aliphatic hydroxyl groups excluding tert-OH is 6. The van der Waals surface area contributed by atoms with Crippen molar-refractivity contribution in [3.8, 4) is 0 Å². The van der Waals surface area contributed by atoms with Gasteiger partial charge in [0, 0.05) is 77.4 Å². The topological polar surface area (TPSA) is 290 Å². The third-order valence-corrected chi connectivity index (χ3v) is 16.4. The quantitative estimate of drug-likeness (QED) is 0.109. The van der Waals surface area contributed by atoms with Gasteiger partial charge in [0.1, 0.15) is 42.7 Å². The van der Waals surface area contributed by atoms with Crippen molar-refractivity contribution in [3.05, 3.63) is 58.7 Å². The number of hydrogen-bond acceptors (Lipinski definition) is 21. The van der Waals surface area contributed by atoms with E-state index < -0.39 is 152 Å². The maximum atomic E-state index is 14.1. The molecule has 0 radical (unpaired) electrons. The third-order valence-electron chi connectivity index (χ3n) is 16.4. The predicted molar refractivity (Wildman–Crippen MR) is 288 cm³/mol. The van der Waals surface area contributed by atoms with E-state index in [1.807, 2.05) is 51.2 Å². The van der Waals surface area contributed by atoms with Gasteiger partial charge in [-0.2, -0.15) is 0 Å². The summed E-state index contributed by atoms with van der Waals surface area (Å²) in [5, 5.41) is 92.6. The van der Waals surface area contributed by atoms with Crippen molar-refractivity contribution in [3.63, 3.8) is 0 Å². The van der Waals surface area contributed by atoms with Crippen molar-refractivity contribution < 1.29 is 102 Å². The average Bonchev–Trinajstić information content (AvgIpc) is 3.46. The molecular weight excluding hydrogens is 1030 g/mol. The number of rotatable bonds is 15. The van der Waals surface area contributed by atoms with Gasteiger partial charge in [0.15, 0.2) is 18.9 Å². The van der Waals surface area contributed by atoms with E-state index in [-0.39, 0.29) is 50.2 Å². The summed E-state index contributed by atoms with van der Waals surface area (Å²) in [6.45, 7) is 19.1. The van der Waals surface area contributed by atoms with Crippen molar-refractivity contribution in [2.24, 2.45) is 17.8 Å². The lowest BCUT2D eigenvalue weighted by molar-refractivity contribution is -0.366. The molecule has 4 saturated heterocycles. The fourth-order valence-corrected chi connectivity index (χ4v) is 11.6. The minimum Gasteiger partial charge on any atom is -0.456 e. The monoisotopic (exact) mass is 1130 g/mol. The van der Waals surface area contributed by atoms with E-state index in [2.05, 4.69) is 0 Å². The Morgan fingerprint density at radius 2 is 1.42 bits per heavy atom. The van der Waals surface area contributed by atoms with Gasteiger partial charge in [0.05, 0.1) is 73.2 Å². The van der Waals surface area contributed by atoms with Crippen LogP contribution < -0.4 is 0 Å². The van der Waals surface area contributed by atoms with Crippen LogP contribution in [0.25, 0.3) is 0 Å². The summed E-state index contributed by atoms with van der Waals surface area (Å²) in [5.41, 5.74) is 0.977. The highest BCUT2D eigenvalue weighted by molar-refractivity contribution is 5.88. The van der Waals surface area contributed by atoms with Crippen LogP contribution in [0.3, 0.4) is 0 Å². The average molecular weight is 1130 g/mol. The van der Waals surface area contributed by atoms with Crippen LogP contribution in [0.4, 0.5) is 0 Å². The van der Waals surface area contributed by atoms with Crippen LogP contribution in [0.1, 0.15) is 115 Å². The normalized spacial score (nSPS) is 43.6. The molecule has 5 aliphatic heterocycles. The Morgan fingerprint density at radius 3 is 2.05 bits per heavy atom. The minimum atomic E-state index is -2.54. The number of cyclic esters (lactones) is 1. The van der Waals surface area contributed by atoms with Crippen LogP contribution in [-0.2, 0) is 61.6 Å².